The average Bonchev–Trinajstić information content (AvgIpc) is 3.19. The first-order valence-electron chi connectivity index (χ1n) is 9.27. The number of nitrogens with one attached hydrogen (secondary N) is 1. The van der Waals surface area contributed by atoms with Crippen LogP contribution in [0.1, 0.15) is 5.56 Å². The van der Waals surface area contributed by atoms with Crippen molar-refractivity contribution in [3.05, 3.63) is 60.3 Å². The van der Waals surface area contributed by atoms with E-state index >= 15 is 0 Å². The van der Waals surface area contributed by atoms with E-state index in [0.717, 1.165) is 28.1 Å². The number of carbonyl (C=O) groups excluding carboxylic acids is 1. The number of anilines is 2. The molecule has 0 aliphatic carbocycles. The summed E-state index contributed by atoms with van der Waals surface area (Å²) in [5.41, 5.74) is 9.11. The molecule has 0 saturated carbocycles. The molecule has 0 fully saturated rings. The highest BCUT2D eigenvalue weighted by molar-refractivity contribution is 5.93. The molecule has 4 rings (SSSR count). The number of carboxylic acids is 1. The standard InChI is InChI=1S/C19H17N3O3.C2HF3O2/c20-18-16(10-21-25-18)12-5-7-15(8-6-12)22-19(23)14-9-13-3-1-2-4-17(13)24-11-14;3-2(4,5)1(6)7/h1-8,10,14H,9,11,20H2,(H,22,23);(H,6,7). The van der Waals surface area contributed by atoms with Crippen molar-refractivity contribution in [3.63, 3.8) is 0 Å². The Labute approximate surface area is 179 Å². The zero-order valence-corrected chi connectivity index (χ0v) is 16.4. The number of rotatable bonds is 3. The van der Waals surface area contributed by atoms with Gasteiger partial charge in [0, 0.05) is 5.69 Å². The van der Waals surface area contributed by atoms with Gasteiger partial charge in [0.1, 0.15) is 12.4 Å². The van der Waals surface area contributed by atoms with E-state index in [1.165, 1.54) is 0 Å². The number of carboxylic acid groups (broad SMARTS) is 1. The number of benzene rings is 2. The van der Waals surface area contributed by atoms with Gasteiger partial charge in [0.15, 0.2) is 0 Å². The highest BCUT2D eigenvalue weighted by Crippen LogP contribution is 2.29. The number of alkyl halides is 3. The lowest BCUT2D eigenvalue weighted by Gasteiger charge is -2.24. The number of halogens is 3. The lowest BCUT2D eigenvalue weighted by Crippen LogP contribution is -2.32. The minimum Gasteiger partial charge on any atom is -0.492 e. The Morgan fingerprint density at radius 3 is 2.38 bits per heavy atom. The number of aromatic nitrogens is 1. The van der Waals surface area contributed by atoms with Crippen molar-refractivity contribution in [2.24, 2.45) is 5.92 Å². The number of fused-ring (bicyclic) bond motifs is 1. The molecule has 2 heterocycles. The molecule has 11 heteroatoms. The first kappa shape index (κ1) is 22.7. The van der Waals surface area contributed by atoms with Gasteiger partial charge in [-0.1, -0.05) is 35.5 Å². The predicted octanol–water partition coefficient (Wildman–Crippen LogP) is 3.75. The number of ether oxygens (including phenoxy) is 1. The second-order valence-corrected chi connectivity index (χ2v) is 6.79. The summed E-state index contributed by atoms with van der Waals surface area (Å²) in [6.45, 7) is 0.387. The molecule has 1 aliphatic heterocycles. The lowest BCUT2D eigenvalue weighted by molar-refractivity contribution is -0.192. The van der Waals surface area contributed by atoms with Crippen molar-refractivity contribution >= 4 is 23.4 Å². The quantitative estimate of drug-likeness (QED) is 0.556. The Balaban J connectivity index is 0.000000360. The van der Waals surface area contributed by atoms with Gasteiger partial charge in [-0.2, -0.15) is 13.2 Å². The second-order valence-electron chi connectivity index (χ2n) is 6.79. The molecular formula is C21H18F3N3O5. The van der Waals surface area contributed by atoms with E-state index < -0.39 is 12.1 Å². The molecule has 4 N–H and O–H groups in total. The molecule has 1 atom stereocenters. The summed E-state index contributed by atoms with van der Waals surface area (Å²) in [6.07, 6.45) is -2.84. The molecule has 3 aromatic rings. The second kappa shape index (κ2) is 9.41. The first-order valence-corrected chi connectivity index (χ1v) is 9.27. The van der Waals surface area contributed by atoms with Crippen molar-refractivity contribution in [1.82, 2.24) is 5.16 Å². The number of nitrogens with zero attached hydrogens (tertiary/aromatic N) is 1. The van der Waals surface area contributed by atoms with Gasteiger partial charge in [-0.05, 0) is 35.7 Å². The molecule has 2 aromatic carbocycles. The SMILES string of the molecule is Nc1oncc1-c1ccc(NC(=O)C2COc3ccccc3C2)cc1.O=C(O)C(F)(F)F. The predicted molar refractivity (Wildman–Crippen MR) is 108 cm³/mol. The van der Waals surface area contributed by atoms with Crippen molar-refractivity contribution < 1.29 is 37.1 Å². The molecule has 1 unspecified atom stereocenters. The maximum Gasteiger partial charge on any atom is 0.490 e. The summed E-state index contributed by atoms with van der Waals surface area (Å²) < 4.78 is 42.3. The van der Waals surface area contributed by atoms with Crippen LogP contribution in [0, 0.1) is 5.92 Å². The fourth-order valence-corrected chi connectivity index (χ4v) is 2.94. The number of amides is 1. The first-order chi connectivity index (χ1) is 15.1. The van der Waals surface area contributed by atoms with E-state index in [1.54, 1.807) is 6.20 Å². The van der Waals surface area contributed by atoms with E-state index in [4.69, 9.17) is 24.9 Å². The molecule has 168 valence electrons. The number of nitrogen functional groups attached to an aromatic ring is 1. The molecule has 32 heavy (non-hydrogen) atoms. The van der Waals surface area contributed by atoms with E-state index in [9.17, 15) is 18.0 Å². The molecule has 1 amide bonds. The van der Waals surface area contributed by atoms with Gasteiger partial charge in [-0.15, -0.1) is 0 Å². The summed E-state index contributed by atoms with van der Waals surface area (Å²) in [5, 5.41) is 13.7. The highest BCUT2D eigenvalue weighted by atomic mass is 19.4. The molecule has 1 aliphatic rings. The topological polar surface area (TPSA) is 128 Å². The number of nitrogens with two attached hydrogens (primary N) is 1. The van der Waals surface area contributed by atoms with Crippen LogP contribution in [0.2, 0.25) is 0 Å². The van der Waals surface area contributed by atoms with Crippen LogP contribution in [0.15, 0.2) is 59.3 Å². The summed E-state index contributed by atoms with van der Waals surface area (Å²) in [4.78, 5) is 21.4. The third-order valence-corrected chi connectivity index (χ3v) is 4.55. The van der Waals surface area contributed by atoms with Gasteiger partial charge >= 0.3 is 12.1 Å². The van der Waals surface area contributed by atoms with Gasteiger partial charge in [0.05, 0.1) is 17.7 Å². The van der Waals surface area contributed by atoms with Crippen LogP contribution in [0.25, 0.3) is 11.1 Å². The fourth-order valence-electron chi connectivity index (χ4n) is 2.94. The maximum atomic E-state index is 12.5. The van der Waals surface area contributed by atoms with Crippen molar-refractivity contribution in [1.29, 1.82) is 0 Å². The number of hydrogen-bond acceptors (Lipinski definition) is 6. The van der Waals surface area contributed by atoms with E-state index in [2.05, 4.69) is 10.5 Å². The average molecular weight is 449 g/mol. The minimum atomic E-state index is -5.08. The van der Waals surface area contributed by atoms with Crippen molar-refractivity contribution in [2.45, 2.75) is 12.6 Å². The van der Waals surface area contributed by atoms with Crippen molar-refractivity contribution in [2.75, 3.05) is 17.7 Å². The van der Waals surface area contributed by atoms with Crippen LogP contribution < -0.4 is 15.8 Å². The fraction of sp³-hybridized carbons (Fsp3) is 0.190. The number of para-hydroxylation sites is 1. The van der Waals surface area contributed by atoms with Crippen LogP contribution >= 0.6 is 0 Å². The smallest absolute Gasteiger partial charge is 0.490 e. The molecule has 0 bridgehead atoms. The van der Waals surface area contributed by atoms with Gasteiger partial charge in [0.25, 0.3) is 0 Å². The summed E-state index contributed by atoms with van der Waals surface area (Å²) in [6, 6.07) is 15.2. The third-order valence-electron chi connectivity index (χ3n) is 4.55. The summed E-state index contributed by atoms with van der Waals surface area (Å²) in [5.74, 6) is -1.88. The van der Waals surface area contributed by atoms with Crippen LogP contribution in [-0.4, -0.2) is 34.9 Å². The Hall–Kier alpha value is -4.02. The van der Waals surface area contributed by atoms with Gasteiger partial charge < -0.3 is 25.4 Å². The Kier molecular flexibility index (Phi) is 6.67. The van der Waals surface area contributed by atoms with Crippen LogP contribution in [0.4, 0.5) is 24.7 Å². The maximum absolute atomic E-state index is 12.5. The molecule has 8 nitrogen and oxygen atoms in total. The van der Waals surface area contributed by atoms with Gasteiger partial charge in [0.2, 0.25) is 11.8 Å². The van der Waals surface area contributed by atoms with Crippen LogP contribution in [-0.2, 0) is 16.0 Å². The van der Waals surface area contributed by atoms with E-state index in [1.807, 2.05) is 48.5 Å². The van der Waals surface area contributed by atoms with E-state index in [0.29, 0.717) is 13.0 Å². The normalized spacial score (nSPS) is 14.9. The summed E-state index contributed by atoms with van der Waals surface area (Å²) in [7, 11) is 0. The Bertz CT molecular complexity index is 1100. The minimum absolute atomic E-state index is 0.0493. The van der Waals surface area contributed by atoms with Crippen LogP contribution in [0.5, 0.6) is 5.75 Å². The Morgan fingerprint density at radius 2 is 1.78 bits per heavy atom. The monoisotopic (exact) mass is 449 g/mol. The third kappa shape index (κ3) is 5.56. The number of carbonyl (C=O) groups is 2. The molecule has 0 spiro atoms. The van der Waals surface area contributed by atoms with Crippen LogP contribution in [0.3, 0.4) is 0 Å². The summed E-state index contributed by atoms with van der Waals surface area (Å²) >= 11 is 0. The largest absolute Gasteiger partial charge is 0.492 e. The van der Waals surface area contributed by atoms with E-state index in [-0.39, 0.29) is 17.7 Å². The van der Waals surface area contributed by atoms with Gasteiger partial charge in [-0.25, -0.2) is 4.79 Å². The Morgan fingerprint density at radius 1 is 1.12 bits per heavy atom. The zero-order valence-electron chi connectivity index (χ0n) is 16.4. The van der Waals surface area contributed by atoms with Gasteiger partial charge in [-0.3, -0.25) is 4.79 Å². The molecule has 1 aromatic heterocycles. The lowest BCUT2D eigenvalue weighted by atomic mass is 9.96. The zero-order chi connectivity index (χ0) is 23.3. The molecule has 0 radical (unpaired) electrons. The molecule has 0 saturated heterocycles. The molecular weight excluding hydrogens is 431 g/mol. The highest BCUT2D eigenvalue weighted by Gasteiger charge is 2.38. The number of hydrogen-bond donors (Lipinski definition) is 3. The number of aliphatic carboxylic acids is 1. The van der Waals surface area contributed by atoms with Crippen molar-refractivity contribution in [3.8, 4) is 16.9 Å².